The van der Waals surface area contributed by atoms with E-state index >= 15 is 0 Å². The molecule has 2 N–H and O–H groups in total. The molecule has 1 aromatic carbocycles. The quantitative estimate of drug-likeness (QED) is 0.844. The van der Waals surface area contributed by atoms with E-state index < -0.39 is 6.10 Å². The fourth-order valence-electron chi connectivity index (χ4n) is 1.52. The summed E-state index contributed by atoms with van der Waals surface area (Å²) in [5.74, 6) is -0.0546. The molecule has 0 aliphatic rings. The molecule has 100 valence electrons. The molecule has 1 unspecified atom stereocenters. The van der Waals surface area contributed by atoms with Crippen molar-refractivity contribution in [2.45, 2.75) is 32.3 Å². The van der Waals surface area contributed by atoms with Crippen molar-refractivity contribution in [2.75, 3.05) is 6.54 Å². The topological polar surface area (TPSA) is 49.3 Å². The fourth-order valence-corrected chi connectivity index (χ4v) is 2.05. The van der Waals surface area contributed by atoms with Gasteiger partial charge in [0.05, 0.1) is 6.10 Å². The molecule has 18 heavy (non-hydrogen) atoms. The second-order valence-electron chi connectivity index (χ2n) is 4.09. The molecule has 0 saturated heterocycles. The third-order valence-electron chi connectivity index (χ3n) is 2.57. The van der Waals surface area contributed by atoms with E-state index in [4.69, 9.17) is 23.2 Å². The van der Waals surface area contributed by atoms with Gasteiger partial charge in [0.25, 0.3) is 0 Å². The number of aliphatic hydroxyl groups is 1. The molecule has 0 saturated carbocycles. The van der Waals surface area contributed by atoms with Gasteiger partial charge in [-0.2, -0.15) is 0 Å². The van der Waals surface area contributed by atoms with E-state index in [1.165, 1.54) is 0 Å². The van der Waals surface area contributed by atoms with Crippen LogP contribution in [0.2, 0.25) is 10.0 Å². The molecule has 0 aromatic heterocycles. The van der Waals surface area contributed by atoms with Crippen molar-refractivity contribution in [2.24, 2.45) is 0 Å². The zero-order valence-electron chi connectivity index (χ0n) is 10.2. The van der Waals surface area contributed by atoms with Gasteiger partial charge in [-0.1, -0.05) is 42.6 Å². The van der Waals surface area contributed by atoms with Crippen LogP contribution in [0.5, 0.6) is 0 Å². The number of unbranched alkanes of at least 4 members (excludes halogenated alkanes) is 1. The Morgan fingerprint density at radius 2 is 2.17 bits per heavy atom. The normalized spacial score (nSPS) is 12.2. The van der Waals surface area contributed by atoms with Gasteiger partial charge in [-0.3, -0.25) is 4.79 Å². The van der Waals surface area contributed by atoms with E-state index in [9.17, 15) is 9.90 Å². The van der Waals surface area contributed by atoms with Gasteiger partial charge in [-0.15, -0.1) is 0 Å². The molecule has 1 rings (SSSR count). The van der Waals surface area contributed by atoms with Crippen LogP contribution in [0.25, 0.3) is 0 Å². The van der Waals surface area contributed by atoms with Crippen LogP contribution in [-0.4, -0.2) is 17.6 Å². The standard InChI is InChI=1S/C13H17Cl2NO2/c1-2-3-4-13(18)16-8-12(17)10-6-5-9(14)7-11(10)15/h5-7,12,17H,2-4,8H2,1H3,(H,16,18). The lowest BCUT2D eigenvalue weighted by Crippen LogP contribution is -2.28. The fraction of sp³-hybridized carbons (Fsp3) is 0.462. The SMILES string of the molecule is CCCCC(=O)NCC(O)c1ccc(Cl)cc1Cl. The molecule has 0 heterocycles. The second-order valence-corrected chi connectivity index (χ2v) is 4.93. The lowest BCUT2D eigenvalue weighted by molar-refractivity contribution is -0.121. The van der Waals surface area contributed by atoms with E-state index in [0.29, 0.717) is 22.0 Å². The number of aliphatic hydroxyl groups excluding tert-OH is 1. The van der Waals surface area contributed by atoms with Crippen LogP contribution in [0.4, 0.5) is 0 Å². The molecule has 3 nitrogen and oxygen atoms in total. The summed E-state index contributed by atoms with van der Waals surface area (Å²) in [6.45, 7) is 2.18. The van der Waals surface area contributed by atoms with Crippen molar-refractivity contribution in [3.8, 4) is 0 Å². The number of benzene rings is 1. The number of hydrogen-bond acceptors (Lipinski definition) is 2. The lowest BCUT2D eigenvalue weighted by atomic mass is 10.1. The maximum Gasteiger partial charge on any atom is 0.220 e. The predicted octanol–water partition coefficient (Wildman–Crippen LogP) is 3.33. The minimum atomic E-state index is -0.819. The molecule has 0 spiro atoms. The maximum atomic E-state index is 11.4. The van der Waals surface area contributed by atoms with Crippen LogP contribution >= 0.6 is 23.2 Å². The molecular formula is C13H17Cl2NO2. The van der Waals surface area contributed by atoms with Crippen molar-refractivity contribution < 1.29 is 9.90 Å². The van der Waals surface area contributed by atoms with Crippen molar-refractivity contribution in [1.29, 1.82) is 0 Å². The summed E-state index contributed by atoms with van der Waals surface area (Å²) in [5.41, 5.74) is 0.567. The van der Waals surface area contributed by atoms with Crippen LogP contribution in [0.1, 0.15) is 37.9 Å². The van der Waals surface area contributed by atoms with E-state index in [-0.39, 0.29) is 12.5 Å². The van der Waals surface area contributed by atoms with E-state index in [1.807, 2.05) is 6.92 Å². The van der Waals surface area contributed by atoms with Crippen LogP contribution in [-0.2, 0) is 4.79 Å². The van der Waals surface area contributed by atoms with E-state index in [1.54, 1.807) is 18.2 Å². The van der Waals surface area contributed by atoms with Gasteiger partial charge in [0.15, 0.2) is 0 Å². The Kier molecular flexibility index (Phi) is 6.47. The lowest BCUT2D eigenvalue weighted by Gasteiger charge is -2.14. The van der Waals surface area contributed by atoms with Crippen molar-refractivity contribution in [1.82, 2.24) is 5.32 Å². The highest BCUT2D eigenvalue weighted by Gasteiger charge is 2.12. The molecule has 1 atom stereocenters. The summed E-state index contributed by atoms with van der Waals surface area (Å²) in [5, 5.41) is 13.5. The van der Waals surface area contributed by atoms with Crippen LogP contribution in [0.15, 0.2) is 18.2 Å². The van der Waals surface area contributed by atoms with Gasteiger partial charge < -0.3 is 10.4 Å². The molecule has 0 aliphatic carbocycles. The Hall–Kier alpha value is -0.770. The van der Waals surface area contributed by atoms with Gasteiger partial charge in [0.2, 0.25) is 5.91 Å². The van der Waals surface area contributed by atoms with Gasteiger partial charge >= 0.3 is 0 Å². The Morgan fingerprint density at radius 1 is 1.44 bits per heavy atom. The Bertz CT molecular complexity index is 410. The first-order chi connectivity index (χ1) is 8.54. The molecule has 1 aromatic rings. The van der Waals surface area contributed by atoms with Gasteiger partial charge in [-0.25, -0.2) is 0 Å². The van der Waals surface area contributed by atoms with Crippen molar-refractivity contribution in [3.63, 3.8) is 0 Å². The third kappa shape index (κ3) is 4.84. The van der Waals surface area contributed by atoms with Gasteiger partial charge in [0.1, 0.15) is 0 Å². The van der Waals surface area contributed by atoms with Gasteiger partial charge in [0, 0.05) is 28.6 Å². The summed E-state index contributed by atoms with van der Waals surface area (Å²) in [6, 6.07) is 4.89. The molecule has 5 heteroatoms. The number of carbonyl (C=O) groups is 1. The van der Waals surface area contributed by atoms with Crippen molar-refractivity contribution in [3.05, 3.63) is 33.8 Å². The number of carbonyl (C=O) groups excluding carboxylic acids is 1. The minimum Gasteiger partial charge on any atom is -0.387 e. The first kappa shape index (κ1) is 15.3. The maximum absolute atomic E-state index is 11.4. The summed E-state index contributed by atoms with van der Waals surface area (Å²) >= 11 is 11.7. The molecule has 0 aliphatic heterocycles. The average Bonchev–Trinajstić information content (AvgIpc) is 2.33. The highest BCUT2D eigenvalue weighted by molar-refractivity contribution is 6.35. The summed E-state index contributed by atoms with van der Waals surface area (Å²) < 4.78 is 0. The Morgan fingerprint density at radius 3 is 2.78 bits per heavy atom. The Balaban J connectivity index is 2.50. The van der Waals surface area contributed by atoms with E-state index in [0.717, 1.165) is 12.8 Å². The molecule has 0 fully saturated rings. The highest BCUT2D eigenvalue weighted by Crippen LogP contribution is 2.25. The number of rotatable bonds is 6. The highest BCUT2D eigenvalue weighted by atomic mass is 35.5. The van der Waals surface area contributed by atoms with E-state index in [2.05, 4.69) is 5.32 Å². The second kappa shape index (κ2) is 7.62. The molecule has 0 bridgehead atoms. The number of nitrogens with one attached hydrogen (secondary N) is 1. The van der Waals surface area contributed by atoms with Gasteiger partial charge in [-0.05, 0) is 18.6 Å². The smallest absolute Gasteiger partial charge is 0.220 e. The summed E-state index contributed by atoms with van der Waals surface area (Å²) in [6.07, 6.45) is 1.49. The number of halogens is 2. The molecule has 1 amide bonds. The molecule has 0 radical (unpaired) electrons. The average molecular weight is 290 g/mol. The van der Waals surface area contributed by atoms with Crippen molar-refractivity contribution >= 4 is 29.1 Å². The summed E-state index contributed by atoms with van der Waals surface area (Å²) in [7, 11) is 0. The Labute approximate surface area is 117 Å². The zero-order chi connectivity index (χ0) is 13.5. The van der Waals surface area contributed by atoms with Crippen LogP contribution < -0.4 is 5.32 Å². The monoisotopic (exact) mass is 289 g/mol. The van der Waals surface area contributed by atoms with Crippen LogP contribution in [0, 0.1) is 0 Å². The predicted molar refractivity (Wildman–Crippen MR) is 74.0 cm³/mol. The molecular weight excluding hydrogens is 273 g/mol. The summed E-state index contributed by atoms with van der Waals surface area (Å²) in [4.78, 5) is 11.4. The number of hydrogen-bond donors (Lipinski definition) is 2. The largest absolute Gasteiger partial charge is 0.387 e. The zero-order valence-corrected chi connectivity index (χ0v) is 11.8. The first-order valence-corrected chi connectivity index (χ1v) is 6.70. The third-order valence-corrected chi connectivity index (χ3v) is 3.13. The number of amides is 1. The first-order valence-electron chi connectivity index (χ1n) is 5.94. The minimum absolute atomic E-state index is 0.0546. The van der Waals surface area contributed by atoms with Crippen LogP contribution in [0.3, 0.4) is 0 Å².